The van der Waals surface area contributed by atoms with Crippen LogP contribution in [-0.4, -0.2) is 22.8 Å². The van der Waals surface area contributed by atoms with Crippen LogP contribution in [0, 0.1) is 19.7 Å². The van der Waals surface area contributed by atoms with Crippen molar-refractivity contribution >= 4 is 5.91 Å². The number of aromatic nitrogens is 1. The third kappa shape index (κ3) is 3.20. The molecule has 0 unspecified atom stereocenters. The van der Waals surface area contributed by atoms with Crippen LogP contribution in [0.15, 0.2) is 36.4 Å². The predicted molar refractivity (Wildman–Crippen MR) is 75.9 cm³/mol. The number of pyridine rings is 1. The molecule has 1 aromatic carbocycles. The van der Waals surface area contributed by atoms with E-state index in [0.717, 1.165) is 11.3 Å². The van der Waals surface area contributed by atoms with Crippen LogP contribution in [0.5, 0.6) is 0 Å². The largest absolute Gasteiger partial charge is 0.337 e. The van der Waals surface area contributed by atoms with Crippen molar-refractivity contribution in [3.63, 3.8) is 0 Å². The van der Waals surface area contributed by atoms with Gasteiger partial charge in [0.05, 0.1) is 11.3 Å². The third-order valence-electron chi connectivity index (χ3n) is 3.11. The summed E-state index contributed by atoms with van der Waals surface area (Å²) in [6, 6.07) is 9.86. The lowest BCUT2D eigenvalue weighted by molar-refractivity contribution is 0.0783. The average Bonchev–Trinajstić information content (AvgIpc) is 2.38. The number of hydrogen-bond donors (Lipinski definition) is 0. The molecule has 1 amide bonds. The molecule has 0 aliphatic rings. The van der Waals surface area contributed by atoms with Gasteiger partial charge in [0.2, 0.25) is 0 Å². The number of benzene rings is 1. The molecular weight excluding hydrogens is 255 g/mol. The lowest BCUT2D eigenvalue weighted by atomic mass is 10.1. The van der Waals surface area contributed by atoms with E-state index < -0.39 is 0 Å². The zero-order chi connectivity index (χ0) is 14.7. The Labute approximate surface area is 118 Å². The molecule has 0 N–H and O–H groups in total. The first-order chi connectivity index (χ1) is 9.47. The fraction of sp³-hybridized carbons (Fsp3) is 0.250. The molecule has 1 aromatic heterocycles. The van der Waals surface area contributed by atoms with Gasteiger partial charge < -0.3 is 4.90 Å². The molecule has 0 fully saturated rings. The Morgan fingerprint density at radius 3 is 2.65 bits per heavy atom. The standard InChI is InChI=1S/C16H17FN2O/c1-11-7-8-15(12(2)18-11)16(20)19(3)10-13-5-4-6-14(17)9-13/h4-9H,10H2,1-3H3. The number of carbonyl (C=O) groups is 1. The maximum Gasteiger partial charge on any atom is 0.255 e. The summed E-state index contributed by atoms with van der Waals surface area (Å²) >= 11 is 0. The number of nitrogens with zero attached hydrogens (tertiary/aromatic N) is 2. The van der Waals surface area contributed by atoms with E-state index in [4.69, 9.17) is 0 Å². The molecule has 0 spiro atoms. The quantitative estimate of drug-likeness (QED) is 0.860. The van der Waals surface area contributed by atoms with Crippen LogP contribution in [-0.2, 0) is 6.54 Å². The van der Waals surface area contributed by atoms with E-state index in [2.05, 4.69) is 4.98 Å². The second-order valence-electron chi connectivity index (χ2n) is 4.88. The summed E-state index contributed by atoms with van der Waals surface area (Å²) < 4.78 is 13.1. The van der Waals surface area contributed by atoms with Crippen LogP contribution in [0.3, 0.4) is 0 Å². The Hall–Kier alpha value is -2.23. The minimum Gasteiger partial charge on any atom is -0.337 e. The van der Waals surface area contributed by atoms with Crippen molar-refractivity contribution in [3.8, 4) is 0 Å². The van der Waals surface area contributed by atoms with E-state index in [9.17, 15) is 9.18 Å². The Balaban J connectivity index is 2.16. The Kier molecular flexibility index (Phi) is 4.13. The van der Waals surface area contributed by atoms with Gasteiger partial charge in [0.1, 0.15) is 5.82 Å². The zero-order valence-electron chi connectivity index (χ0n) is 11.9. The molecule has 0 bridgehead atoms. The van der Waals surface area contributed by atoms with Crippen LogP contribution < -0.4 is 0 Å². The maximum absolute atomic E-state index is 13.1. The van der Waals surface area contributed by atoms with E-state index in [1.807, 2.05) is 19.9 Å². The lowest BCUT2D eigenvalue weighted by Gasteiger charge is -2.18. The fourth-order valence-electron chi connectivity index (χ4n) is 2.10. The number of rotatable bonds is 3. The monoisotopic (exact) mass is 272 g/mol. The van der Waals surface area contributed by atoms with Gasteiger partial charge in [-0.3, -0.25) is 9.78 Å². The van der Waals surface area contributed by atoms with Gasteiger partial charge >= 0.3 is 0 Å². The van der Waals surface area contributed by atoms with Crippen molar-refractivity contribution in [2.45, 2.75) is 20.4 Å². The van der Waals surface area contributed by atoms with Gasteiger partial charge in [0.25, 0.3) is 5.91 Å². The Morgan fingerprint density at radius 1 is 1.25 bits per heavy atom. The van der Waals surface area contributed by atoms with Gasteiger partial charge in [0, 0.05) is 19.3 Å². The summed E-state index contributed by atoms with van der Waals surface area (Å²) in [6.45, 7) is 4.07. The summed E-state index contributed by atoms with van der Waals surface area (Å²) in [5.74, 6) is -0.407. The molecule has 0 saturated heterocycles. The van der Waals surface area contributed by atoms with Gasteiger partial charge in [-0.1, -0.05) is 12.1 Å². The van der Waals surface area contributed by atoms with Gasteiger partial charge in [-0.05, 0) is 43.7 Å². The number of halogens is 1. The van der Waals surface area contributed by atoms with E-state index in [-0.39, 0.29) is 11.7 Å². The number of hydrogen-bond acceptors (Lipinski definition) is 2. The highest BCUT2D eigenvalue weighted by Gasteiger charge is 2.15. The molecular formula is C16H17FN2O. The van der Waals surface area contributed by atoms with Crippen molar-refractivity contribution in [2.75, 3.05) is 7.05 Å². The molecule has 2 aromatic rings. The Morgan fingerprint density at radius 2 is 2.00 bits per heavy atom. The van der Waals surface area contributed by atoms with Gasteiger partial charge in [-0.2, -0.15) is 0 Å². The van der Waals surface area contributed by atoms with Crippen molar-refractivity contribution in [2.24, 2.45) is 0 Å². The lowest BCUT2D eigenvalue weighted by Crippen LogP contribution is -2.27. The van der Waals surface area contributed by atoms with Crippen LogP contribution >= 0.6 is 0 Å². The molecule has 0 radical (unpaired) electrons. The second kappa shape index (κ2) is 5.82. The van der Waals surface area contributed by atoms with Gasteiger partial charge in [-0.15, -0.1) is 0 Å². The van der Waals surface area contributed by atoms with Crippen LogP contribution in [0.2, 0.25) is 0 Å². The molecule has 3 nitrogen and oxygen atoms in total. The first kappa shape index (κ1) is 14.2. The van der Waals surface area contributed by atoms with E-state index in [1.54, 1.807) is 30.1 Å². The van der Waals surface area contributed by atoms with Crippen molar-refractivity contribution in [1.82, 2.24) is 9.88 Å². The average molecular weight is 272 g/mol. The number of amides is 1. The van der Waals surface area contributed by atoms with Crippen LogP contribution in [0.25, 0.3) is 0 Å². The van der Waals surface area contributed by atoms with Crippen molar-refractivity contribution in [3.05, 3.63) is 64.7 Å². The Bertz CT molecular complexity index is 640. The molecule has 0 atom stereocenters. The molecule has 4 heteroatoms. The highest BCUT2D eigenvalue weighted by molar-refractivity contribution is 5.95. The predicted octanol–water partition coefficient (Wildman–Crippen LogP) is 3.11. The summed E-state index contributed by atoms with van der Waals surface area (Å²) in [7, 11) is 1.70. The van der Waals surface area contributed by atoms with E-state index in [0.29, 0.717) is 17.8 Å². The first-order valence-corrected chi connectivity index (χ1v) is 6.41. The molecule has 104 valence electrons. The van der Waals surface area contributed by atoms with Gasteiger partial charge in [-0.25, -0.2) is 4.39 Å². The normalized spacial score (nSPS) is 10.4. The minimum absolute atomic E-state index is 0.112. The summed E-state index contributed by atoms with van der Waals surface area (Å²) in [5.41, 5.74) is 2.93. The van der Waals surface area contributed by atoms with Gasteiger partial charge in [0.15, 0.2) is 0 Å². The van der Waals surface area contributed by atoms with Crippen molar-refractivity contribution < 1.29 is 9.18 Å². The van der Waals surface area contributed by atoms with Crippen LogP contribution in [0.1, 0.15) is 27.3 Å². The SMILES string of the molecule is Cc1ccc(C(=O)N(C)Cc2cccc(F)c2)c(C)n1. The van der Waals surface area contributed by atoms with E-state index >= 15 is 0 Å². The molecule has 0 saturated carbocycles. The molecule has 20 heavy (non-hydrogen) atoms. The highest BCUT2D eigenvalue weighted by Crippen LogP contribution is 2.12. The fourth-order valence-corrected chi connectivity index (χ4v) is 2.10. The molecule has 0 aliphatic carbocycles. The minimum atomic E-state index is -0.295. The molecule has 2 rings (SSSR count). The second-order valence-corrected chi connectivity index (χ2v) is 4.88. The first-order valence-electron chi connectivity index (χ1n) is 6.41. The highest BCUT2D eigenvalue weighted by atomic mass is 19.1. The topological polar surface area (TPSA) is 33.2 Å². The summed E-state index contributed by atoms with van der Waals surface area (Å²) in [6.07, 6.45) is 0. The van der Waals surface area contributed by atoms with E-state index in [1.165, 1.54) is 12.1 Å². The van der Waals surface area contributed by atoms with Crippen LogP contribution in [0.4, 0.5) is 4.39 Å². The maximum atomic E-state index is 13.1. The third-order valence-corrected chi connectivity index (χ3v) is 3.11. The summed E-state index contributed by atoms with van der Waals surface area (Å²) in [5, 5.41) is 0. The summed E-state index contributed by atoms with van der Waals surface area (Å²) in [4.78, 5) is 18.2. The zero-order valence-corrected chi connectivity index (χ0v) is 11.9. The molecule has 1 heterocycles. The smallest absolute Gasteiger partial charge is 0.255 e. The van der Waals surface area contributed by atoms with Crippen molar-refractivity contribution in [1.29, 1.82) is 0 Å². The number of carbonyl (C=O) groups excluding carboxylic acids is 1. The molecule has 0 aliphatic heterocycles. The number of aryl methyl sites for hydroxylation is 2.